The minimum atomic E-state index is -0.930. The third-order valence-electron chi connectivity index (χ3n) is 2.66. The van der Waals surface area contributed by atoms with Crippen LogP contribution in [0.1, 0.15) is 37.0 Å². The van der Waals surface area contributed by atoms with E-state index in [-0.39, 0.29) is 12.3 Å². The Morgan fingerprint density at radius 1 is 1.53 bits per heavy atom. The summed E-state index contributed by atoms with van der Waals surface area (Å²) in [6.45, 7) is 3.56. The van der Waals surface area contributed by atoms with Gasteiger partial charge in [-0.3, -0.25) is 14.6 Å². The summed E-state index contributed by atoms with van der Waals surface area (Å²) in [6.07, 6.45) is 3.47. The maximum absolute atomic E-state index is 11.9. The summed E-state index contributed by atoms with van der Waals surface area (Å²) < 4.78 is 0. The molecule has 0 saturated carbocycles. The number of pyridine rings is 1. The van der Waals surface area contributed by atoms with Crippen LogP contribution in [0.4, 0.5) is 0 Å². The predicted molar refractivity (Wildman–Crippen MR) is 62.7 cm³/mol. The smallest absolute Gasteiger partial charge is 0.305 e. The van der Waals surface area contributed by atoms with Crippen LogP contribution in [-0.2, 0) is 4.79 Å². The number of carboxylic acid groups (broad SMARTS) is 1. The molecular formula is C12H16N2O3. The van der Waals surface area contributed by atoms with Crippen LogP contribution < -0.4 is 5.32 Å². The lowest BCUT2D eigenvalue weighted by Crippen LogP contribution is -2.47. The van der Waals surface area contributed by atoms with Crippen molar-refractivity contribution in [2.45, 2.75) is 32.2 Å². The number of carbonyl (C=O) groups is 2. The highest BCUT2D eigenvalue weighted by molar-refractivity contribution is 5.94. The van der Waals surface area contributed by atoms with Crippen molar-refractivity contribution in [3.05, 3.63) is 30.1 Å². The lowest BCUT2D eigenvalue weighted by molar-refractivity contribution is -0.138. The van der Waals surface area contributed by atoms with Gasteiger partial charge in [0.2, 0.25) is 0 Å². The van der Waals surface area contributed by atoms with Crippen LogP contribution in [0.25, 0.3) is 0 Å². The second-order valence-corrected chi connectivity index (χ2v) is 4.18. The van der Waals surface area contributed by atoms with Gasteiger partial charge in [0.05, 0.1) is 12.0 Å². The highest BCUT2D eigenvalue weighted by atomic mass is 16.4. The predicted octanol–water partition coefficient (Wildman–Crippen LogP) is 1.45. The van der Waals surface area contributed by atoms with Gasteiger partial charge in [-0.05, 0) is 25.5 Å². The van der Waals surface area contributed by atoms with Crippen molar-refractivity contribution in [2.24, 2.45) is 0 Å². The highest BCUT2D eigenvalue weighted by Gasteiger charge is 2.27. The molecule has 1 heterocycles. The number of aromatic nitrogens is 1. The van der Waals surface area contributed by atoms with Crippen molar-refractivity contribution in [3.63, 3.8) is 0 Å². The zero-order chi connectivity index (χ0) is 12.9. The summed E-state index contributed by atoms with van der Waals surface area (Å²) in [7, 11) is 0. The van der Waals surface area contributed by atoms with Gasteiger partial charge < -0.3 is 10.4 Å². The summed E-state index contributed by atoms with van der Waals surface area (Å²) >= 11 is 0. The second kappa shape index (κ2) is 5.43. The Labute approximate surface area is 99.9 Å². The van der Waals surface area contributed by atoms with E-state index >= 15 is 0 Å². The molecule has 0 saturated heterocycles. The quantitative estimate of drug-likeness (QED) is 0.811. The van der Waals surface area contributed by atoms with Crippen molar-refractivity contribution < 1.29 is 14.7 Å². The first-order valence-corrected chi connectivity index (χ1v) is 5.41. The topological polar surface area (TPSA) is 79.3 Å². The van der Waals surface area contributed by atoms with E-state index in [1.807, 2.05) is 6.92 Å². The lowest BCUT2D eigenvalue weighted by atomic mass is 9.94. The molecule has 0 bridgehead atoms. The van der Waals surface area contributed by atoms with Crippen LogP contribution in [0.5, 0.6) is 0 Å². The standard InChI is InChI=1S/C12H16N2O3/c1-3-12(2,7-10(15)16)14-11(17)9-5-4-6-13-8-9/h4-6,8H,3,7H2,1-2H3,(H,14,17)(H,15,16)/t12-/m1/s1. The first-order valence-electron chi connectivity index (χ1n) is 5.41. The van der Waals surface area contributed by atoms with E-state index in [4.69, 9.17) is 5.11 Å². The average molecular weight is 236 g/mol. The number of carboxylic acids is 1. The number of aliphatic carboxylic acids is 1. The van der Waals surface area contributed by atoms with Gasteiger partial charge >= 0.3 is 5.97 Å². The van der Waals surface area contributed by atoms with E-state index in [1.165, 1.54) is 6.20 Å². The number of rotatable bonds is 5. The molecule has 1 aromatic rings. The van der Waals surface area contributed by atoms with Crippen molar-refractivity contribution in [1.82, 2.24) is 10.3 Å². The first kappa shape index (κ1) is 13.2. The molecule has 1 aromatic heterocycles. The summed E-state index contributed by atoms with van der Waals surface area (Å²) in [6, 6.07) is 3.30. The molecule has 0 unspecified atom stereocenters. The zero-order valence-electron chi connectivity index (χ0n) is 9.93. The average Bonchev–Trinajstić information content (AvgIpc) is 2.29. The van der Waals surface area contributed by atoms with Crippen molar-refractivity contribution in [3.8, 4) is 0 Å². The highest BCUT2D eigenvalue weighted by Crippen LogP contribution is 2.15. The Hall–Kier alpha value is -1.91. The van der Waals surface area contributed by atoms with Gasteiger partial charge in [-0.2, -0.15) is 0 Å². The lowest BCUT2D eigenvalue weighted by Gasteiger charge is -2.27. The molecule has 0 spiro atoms. The van der Waals surface area contributed by atoms with Crippen LogP contribution in [0, 0.1) is 0 Å². The molecule has 0 radical (unpaired) electrons. The van der Waals surface area contributed by atoms with E-state index < -0.39 is 11.5 Å². The summed E-state index contributed by atoms with van der Waals surface area (Å²) in [5, 5.41) is 11.5. The molecule has 1 atom stereocenters. The Morgan fingerprint density at radius 3 is 2.71 bits per heavy atom. The largest absolute Gasteiger partial charge is 0.481 e. The van der Waals surface area contributed by atoms with Crippen LogP contribution in [-0.4, -0.2) is 27.5 Å². The third kappa shape index (κ3) is 3.86. The molecule has 0 fully saturated rings. The maximum atomic E-state index is 11.9. The fourth-order valence-corrected chi connectivity index (χ4v) is 1.43. The van der Waals surface area contributed by atoms with Crippen molar-refractivity contribution in [2.75, 3.05) is 0 Å². The maximum Gasteiger partial charge on any atom is 0.305 e. The van der Waals surface area contributed by atoms with Gasteiger partial charge in [-0.15, -0.1) is 0 Å². The first-order chi connectivity index (χ1) is 7.97. The Bertz CT molecular complexity index is 405. The number of amides is 1. The molecule has 0 aliphatic rings. The summed E-state index contributed by atoms with van der Waals surface area (Å²) in [4.78, 5) is 26.4. The number of hydrogen-bond donors (Lipinski definition) is 2. The van der Waals surface area contributed by atoms with Crippen LogP contribution >= 0.6 is 0 Å². The van der Waals surface area contributed by atoms with E-state index in [0.717, 1.165) is 0 Å². The fourth-order valence-electron chi connectivity index (χ4n) is 1.43. The molecule has 0 aromatic carbocycles. The van der Waals surface area contributed by atoms with Gasteiger partial charge in [0.1, 0.15) is 0 Å². The molecule has 92 valence electrons. The Balaban J connectivity index is 2.75. The molecule has 0 aliphatic heterocycles. The molecule has 1 rings (SSSR count). The molecule has 17 heavy (non-hydrogen) atoms. The number of carbonyl (C=O) groups excluding carboxylic acids is 1. The van der Waals surface area contributed by atoms with Crippen LogP contribution in [0.2, 0.25) is 0 Å². The number of nitrogens with one attached hydrogen (secondary N) is 1. The second-order valence-electron chi connectivity index (χ2n) is 4.18. The van der Waals surface area contributed by atoms with Crippen molar-refractivity contribution >= 4 is 11.9 Å². The van der Waals surface area contributed by atoms with E-state index in [1.54, 1.807) is 25.3 Å². The molecule has 2 N–H and O–H groups in total. The number of nitrogens with zero attached hydrogens (tertiary/aromatic N) is 1. The number of hydrogen-bond acceptors (Lipinski definition) is 3. The van der Waals surface area contributed by atoms with Crippen LogP contribution in [0.3, 0.4) is 0 Å². The SMILES string of the molecule is CC[C@](C)(CC(=O)O)NC(=O)c1cccnc1. The molecule has 5 heteroatoms. The minimum absolute atomic E-state index is 0.102. The van der Waals surface area contributed by atoms with Gasteiger partial charge in [0.15, 0.2) is 0 Å². The van der Waals surface area contributed by atoms with Gasteiger partial charge in [0.25, 0.3) is 5.91 Å². The third-order valence-corrected chi connectivity index (χ3v) is 2.66. The zero-order valence-corrected chi connectivity index (χ0v) is 9.93. The van der Waals surface area contributed by atoms with Gasteiger partial charge in [0, 0.05) is 17.9 Å². The minimum Gasteiger partial charge on any atom is -0.481 e. The van der Waals surface area contributed by atoms with E-state index in [2.05, 4.69) is 10.3 Å². The monoisotopic (exact) mass is 236 g/mol. The van der Waals surface area contributed by atoms with Gasteiger partial charge in [-0.1, -0.05) is 6.92 Å². The Kier molecular flexibility index (Phi) is 4.20. The summed E-state index contributed by atoms with van der Waals surface area (Å²) in [5.74, 6) is -1.23. The van der Waals surface area contributed by atoms with Gasteiger partial charge in [-0.25, -0.2) is 0 Å². The van der Waals surface area contributed by atoms with Crippen molar-refractivity contribution in [1.29, 1.82) is 0 Å². The van der Waals surface area contributed by atoms with E-state index in [9.17, 15) is 9.59 Å². The summed E-state index contributed by atoms with van der Waals surface area (Å²) in [5.41, 5.74) is -0.309. The molecule has 5 nitrogen and oxygen atoms in total. The molecule has 0 aliphatic carbocycles. The molecule has 1 amide bonds. The van der Waals surface area contributed by atoms with Crippen LogP contribution in [0.15, 0.2) is 24.5 Å². The van der Waals surface area contributed by atoms with E-state index in [0.29, 0.717) is 12.0 Å². The Morgan fingerprint density at radius 2 is 2.24 bits per heavy atom. The normalized spacial score (nSPS) is 13.8. The molecular weight excluding hydrogens is 220 g/mol. The fraction of sp³-hybridized carbons (Fsp3) is 0.417.